The minimum absolute atomic E-state index is 0.155. The molecule has 0 aliphatic heterocycles. The number of rotatable bonds is 7. The zero-order valence-electron chi connectivity index (χ0n) is 15.8. The molecule has 0 saturated heterocycles. The van der Waals surface area contributed by atoms with E-state index in [0.717, 1.165) is 23.0 Å². The summed E-state index contributed by atoms with van der Waals surface area (Å²) in [6, 6.07) is 17.0. The van der Waals surface area contributed by atoms with Gasteiger partial charge in [0.25, 0.3) is 5.91 Å². The van der Waals surface area contributed by atoms with Gasteiger partial charge in [0.1, 0.15) is 0 Å². The number of anilines is 1. The van der Waals surface area contributed by atoms with Crippen molar-refractivity contribution in [2.45, 2.75) is 18.5 Å². The number of benzene rings is 2. The lowest BCUT2D eigenvalue weighted by molar-refractivity contribution is -0.113. The molecule has 3 aromatic rings. The van der Waals surface area contributed by atoms with Crippen LogP contribution in [0, 0.1) is 6.92 Å². The number of carbonyl (C=O) groups is 2. The molecule has 1 heterocycles. The first kappa shape index (κ1) is 19.7. The van der Waals surface area contributed by atoms with Gasteiger partial charge in [0, 0.05) is 30.4 Å². The smallest absolute Gasteiger partial charge is 0.251 e. The summed E-state index contributed by atoms with van der Waals surface area (Å²) >= 11 is 1.35. The third-order valence-corrected chi connectivity index (χ3v) is 5.03. The van der Waals surface area contributed by atoms with Crippen molar-refractivity contribution >= 4 is 29.3 Å². The first-order valence-corrected chi connectivity index (χ1v) is 9.88. The van der Waals surface area contributed by atoms with Crippen molar-refractivity contribution in [1.82, 2.24) is 15.3 Å². The molecule has 0 fully saturated rings. The average molecular weight is 395 g/mol. The Morgan fingerprint density at radius 1 is 1.11 bits per heavy atom. The second-order valence-corrected chi connectivity index (χ2v) is 7.24. The lowest BCUT2D eigenvalue weighted by atomic mass is 10.1. The quantitative estimate of drug-likeness (QED) is 0.536. The van der Waals surface area contributed by atoms with Crippen LogP contribution in [0.15, 0.2) is 59.8 Å². The van der Waals surface area contributed by atoms with Crippen LogP contribution in [-0.2, 0) is 11.2 Å². The maximum absolute atomic E-state index is 12.2. The normalized spacial score (nSPS) is 10.5. The van der Waals surface area contributed by atoms with Crippen molar-refractivity contribution in [3.05, 3.63) is 77.1 Å². The van der Waals surface area contributed by atoms with Crippen LogP contribution in [0.4, 0.5) is 5.69 Å². The second kappa shape index (κ2) is 9.23. The maximum Gasteiger partial charge on any atom is 0.251 e. The van der Waals surface area contributed by atoms with Gasteiger partial charge in [-0.15, -0.1) is 0 Å². The summed E-state index contributed by atoms with van der Waals surface area (Å²) in [4.78, 5) is 31.8. The van der Waals surface area contributed by atoms with E-state index in [4.69, 9.17) is 0 Å². The van der Waals surface area contributed by atoms with E-state index in [9.17, 15) is 9.59 Å². The fourth-order valence-electron chi connectivity index (χ4n) is 2.71. The van der Waals surface area contributed by atoms with Crippen LogP contribution in [0.25, 0.3) is 0 Å². The number of hydrogen-bond acceptors (Lipinski definition) is 4. The number of aromatic nitrogens is 2. The average Bonchev–Trinajstić information content (AvgIpc) is 3.06. The molecule has 2 aromatic carbocycles. The molecule has 2 amide bonds. The summed E-state index contributed by atoms with van der Waals surface area (Å²) in [5, 5.41) is 6.10. The van der Waals surface area contributed by atoms with Gasteiger partial charge in [0.15, 0.2) is 5.16 Å². The van der Waals surface area contributed by atoms with Crippen molar-refractivity contribution < 1.29 is 9.59 Å². The molecular weight excluding hydrogens is 372 g/mol. The number of nitrogens with one attached hydrogen (secondary N) is 3. The number of aromatic amines is 1. The van der Waals surface area contributed by atoms with Crippen LogP contribution in [0.2, 0.25) is 0 Å². The molecule has 6 nitrogen and oxygen atoms in total. The Morgan fingerprint density at radius 2 is 1.89 bits per heavy atom. The highest BCUT2D eigenvalue weighted by atomic mass is 32.2. The van der Waals surface area contributed by atoms with Crippen LogP contribution in [0.3, 0.4) is 0 Å². The zero-order valence-corrected chi connectivity index (χ0v) is 16.6. The SMILES string of the molecule is CNC(=O)c1cccc(NC(=O)CSc2nc(Cc3ccccc3)c(C)[nH]2)c1. The highest BCUT2D eigenvalue weighted by Crippen LogP contribution is 2.19. The van der Waals surface area contributed by atoms with E-state index < -0.39 is 0 Å². The molecule has 7 heteroatoms. The molecule has 0 bridgehead atoms. The summed E-state index contributed by atoms with van der Waals surface area (Å²) < 4.78 is 0. The number of thioether (sulfide) groups is 1. The molecule has 144 valence electrons. The molecule has 0 radical (unpaired) electrons. The van der Waals surface area contributed by atoms with Gasteiger partial charge >= 0.3 is 0 Å². The van der Waals surface area contributed by atoms with E-state index >= 15 is 0 Å². The number of H-pyrrole nitrogens is 1. The summed E-state index contributed by atoms with van der Waals surface area (Å²) in [5.41, 5.74) is 4.27. The number of amides is 2. The second-order valence-electron chi connectivity index (χ2n) is 6.27. The fraction of sp³-hybridized carbons (Fsp3) is 0.190. The summed E-state index contributed by atoms with van der Waals surface area (Å²) in [5.74, 6) is -0.123. The highest BCUT2D eigenvalue weighted by Gasteiger charge is 2.11. The van der Waals surface area contributed by atoms with Crippen molar-refractivity contribution in [2.75, 3.05) is 18.1 Å². The van der Waals surface area contributed by atoms with Crippen molar-refractivity contribution in [3.63, 3.8) is 0 Å². The topological polar surface area (TPSA) is 86.9 Å². The number of carbonyl (C=O) groups excluding carboxylic acids is 2. The standard InChI is InChI=1S/C21H22N4O2S/c1-14-18(11-15-7-4-3-5-8-15)25-21(23-14)28-13-19(26)24-17-10-6-9-16(12-17)20(27)22-2/h3-10,12H,11,13H2,1-2H3,(H,22,27)(H,23,25)(H,24,26). The third kappa shape index (κ3) is 5.23. The van der Waals surface area contributed by atoms with Gasteiger partial charge in [-0.1, -0.05) is 48.2 Å². The van der Waals surface area contributed by atoms with Crippen LogP contribution in [0.1, 0.15) is 27.3 Å². The minimum atomic E-state index is -0.192. The molecule has 3 N–H and O–H groups in total. The lowest BCUT2D eigenvalue weighted by Gasteiger charge is -2.06. The monoisotopic (exact) mass is 394 g/mol. The largest absolute Gasteiger partial charge is 0.355 e. The Morgan fingerprint density at radius 3 is 2.64 bits per heavy atom. The number of nitrogens with zero attached hydrogens (tertiary/aromatic N) is 1. The van der Waals surface area contributed by atoms with Gasteiger partial charge in [-0.05, 0) is 30.7 Å². The molecule has 3 rings (SSSR count). The van der Waals surface area contributed by atoms with Gasteiger partial charge in [-0.25, -0.2) is 4.98 Å². The van der Waals surface area contributed by atoms with E-state index in [1.54, 1.807) is 31.3 Å². The third-order valence-electron chi connectivity index (χ3n) is 4.15. The predicted octanol–water partition coefficient (Wildman–Crippen LogP) is 3.40. The Bertz CT molecular complexity index is 970. The number of imidazole rings is 1. The molecule has 0 saturated carbocycles. The van der Waals surface area contributed by atoms with Crippen molar-refractivity contribution in [2.24, 2.45) is 0 Å². The van der Waals surface area contributed by atoms with Gasteiger partial charge in [-0.2, -0.15) is 0 Å². The van der Waals surface area contributed by atoms with E-state index in [1.807, 2.05) is 25.1 Å². The molecule has 0 unspecified atom stereocenters. The highest BCUT2D eigenvalue weighted by molar-refractivity contribution is 7.99. The van der Waals surface area contributed by atoms with Crippen LogP contribution in [0.5, 0.6) is 0 Å². The van der Waals surface area contributed by atoms with Crippen LogP contribution >= 0.6 is 11.8 Å². The Labute approximate surface area is 168 Å². The van der Waals surface area contributed by atoms with Crippen LogP contribution < -0.4 is 10.6 Å². The summed E-state index contributed by atoms with van der Waals surface area (Å²) in [7, 11) is 1.57. The lowest BCUT2D eigenvalue weighted by Crippen LogP contribution is -2.19. The van der Waals surface area contributed by atoms with Gasteiger partial charge in [0.2, 0.25) is 5.91 Å². The zero-order chi connectivity index (χ0) is 19.9. The predicted molar refractivity (Wildman–Crippen MR) is 112 cm³/mol. The first-order valence-electron chi connectivity index (χ1n) is 8.89. The number of aryl methyl sites for hydroxylation is 1. The van der Waals surface area contributed by atoms with Crippen molar-refractivity contribution in [3.8, 4) is 0 Å². The van der Waals surface area contributed by atoms with E-state index in [1.165, 1.54) is 17.3 Å². The first-order chi connectivity index (χ1) is 13.5. The minimum Gasteiger partial charge on any atom is -0.355 e. The van der Waals surface area contributed by atoms with Gasteiger partial charge in [-0.3, -0.25) is 9.59 Å². The van der Waals surface area contributed by atoms with Gasteiger partial charge in [0.05, 0.1) is 11.4 Å². The Balaban J connectivity index is 1.56. The maximum atomic E-state index is 12.2. The Hall–Kier alpha value is -3.06. The van der Waals surface area contributed by atoms with E-state index in [0.29, 0.717) is 11.3 Å². The summed E-state index contributed by atoms with van der Waals surface area (Å²) in [6.45, 7) is 1.99. The Kier molecular flexibility index (Phi) is 6.49. The number of hydrogen-bond donors (Lipinski definition) is 3. The summed E-state index contributed by atoms with van der Waals surface area (Å²) in [6.07, 6.45) is 0.752. The molecule has 0 aliphatic rings. The molecule has 28 heavy (non-hydrogen) atoms. The van der Waals surface area contributed by atoms with E-state index in [-0.39, 0.29) is 17.6 Å². The molecule has 0 aliphatic carbocycles. The van der Waals surface area contributed by atoms with E-state index in [2.05, 4.69) is 32.7 Å². The molecule has 0 atom stereocenters. The molecular formula is C21H22N4O2S. The van der Waals surface area contributed by atoms with Crippen molar-refractivity contribution in [1.29, 1.82) is 0 Å². The fourth-order valence-corrected chi connectivity index (χ4v) is 3.45. The molecule has 1 aromatic heterocycles. The van der Waals surface area contributed by atoms with Crippen LogP contribution in [-0.4, -0.2) is 34.6 Å². The van der Waals surface area contributed by atoms with Gasteiger partial charge < -0.3 is 15.6 Å². The molecule has 0 spiro atoms.